The van der Waals surface area contributed by atoms with Crippen molar-refractivity contribution in [2.24, 2.45) is 5.92 Å². The smallest absolute Gasteiger partial charge is 0.256 e. The lowest BCUT2D eigenvalue weighted by Crippen LogP contribution is -2.57. The summed E-state index contributed by atoms with van der Waals surface area (Å²) >= 11 is 1.61. The summed E-state index contributed by atoms with van der Waals surface area (Å²) in [4.78, 5) is 41.7. The molecule has 186 valence electrons. The summed E-state index contributed by atoms with van der Waals surface area (Å²) in [6.07, 6.45) is 0.494. The quantitative estimate of drug-likeness (QED) is 0.580. The van der Waals surface area contributed by atoms with Crippen LogP contribution in [0.25, 0.3) is 0 Å². The van der Waals surface area contributed by atoms with Gasteiger partial charge in [0.2, 0.25) is 11.8 Å². The average Bonchev–Trinajstić information content (AvgIpc) is 3.25. The highest BCUT2D eigenvalue weighted by Gasteiger charge is 2.57. The van der Waals surface area contributed by atoms with Gasteiger partial charge in [0.25, 0.3) is 5.91 Å². The number of carbonyl (C=O) groups excluding carboxylic acids is 3. The Labute approximate surface area is 211 Å². The number of nitrogens with zero attached hydrogens (tertiary/aromatic N) is 1. The van der Waals surface area contributed by atoms with E-state index in [-0.39, 0.29) is 29.0 Å². The second kappa shape index (κ2) is 9.93. The highest BCUT2D eigenvalue weighted by Crippen LogP contribution is 2.56. The third kappa shape index (κ3) is 5.03. The number of hydrogen-bond acceptors (Lipinski definition) is 5. The Kier molecular flexibility index (Phi) is 7.12. The number of ether oxygens (including phenoxy) is 1. The van der Waals surface area contributed by atoms with Crippen molar-refractivity contribution < 1.29 is 19.1 Å². The first-order valence-corrected chi connectivity index (χ1v) is 12.8. The van der Waals surface area contributed by atoms with E-state index in [0.29, 0.717) is 18.5 Å². The number of benzene rings is 2. The molecule has 1 fully saturated rings. The van der Waals surface area contributed by atoms with Gasteiger partial charge in [-0.1, -0.05) is 44.2 Å². The van der Waals surface area contributed by atoms with Crippen molar-refractivity contribution in [3.05, 3.63) is 65.2 Å². The summed E-state index contributed by atoms with van der Waals surface area (Å²) in [7, 11) is 1.60. The zero-order chi connectivity index (χ0) is 25.3. The van der Waals surface area contributed by atoms with Crippen LogP contribution in [0.15, 0.2) is 48.5 Å². The summed E-state index contributed by atoms with van der Waals surface area (Å²) in [5, 5.41) is 5.73. The van der Waals surface area contributed by atoms with Gasteiger partial charge in [0.1, 0.15) is 23.2 Å². The van der Waals surface area contributed by atoms with E-state index in [1.54, 1.807) is 23.8 Å². The molecule has 2 aliphatic rings. The van der Waals surface area contributed by atoms with Crippen LogP contribution in [-0.2, 0) is 16.1 Å². The number of methoxy groups -OCH3 is 1. The highest BCUT2D eigenvalue weighted by atomic mass is 32.2. The normalized spacial score (nSPS) is 20.9. The van der Waals surface area contributed by atoms with E-state index in [0.717, 1.165) is 16.9 Å². The van der Waals surface area contributed by atoms with Crippen LogP contribution >= 0.6 is 11.8 Å². The minimum atomic E-state index is -0.701. The molecule has 7 nitrogen and oxygen atoms in total. The number of fused-ring (bicyclic) bond motifs is 3. The van der Waals surface area contributed by atoms with Crippen LogP contribution in [-0.4, -0.2) is 46.6 Å². The van der Waals surface area contributed by atoms with Crippen LogP contribution in [0.3, 0.4) is 0 Å². The molecule has 8 heteroatoms. The second-order valence-electron chi connectivity index (χ2n) is 10.0. The number of rotatable bonds is 8. The molecule has 3 unspecified atom stereocenters. The van der Waals surface area contributed by atoms with Crippen LogP contribution in [0.1, 0.15) is 61.0 Å². The number of carbonyl (C=O) groups is 3. The van der Waals surface area contributed by atoms with Crippen LogP contribution in [0.4, 0.5) is 0 Å². The van der Waals surface area contributed by atoms with Gasteiger partial charge in [-0.2, -0.15) is 0 Å². The van der Waals surface area contributed by atoms with Gasteiger partial charge in [0, 0.05) is 16.9 Å². The van der Waals surface area contributed by atoms with Crippen molar-refractivity contribution in [3.8, 4) is 5.75 Å². The van der Waals surface area contributed by atoms with Gasteiger partial charge >= 0.3 is 0 Å². The largest absolute Gasteiger partial charge is 0.497 e. The van der Waals surface area contributed by atoms with Gasteiger partial charge in [0.05, 0.1) is 7.11 Å². The minimum absolute atomic E-state index is 0.133. The molecule has 3 amide bonds. The Morgan fingerprint density at radius 1 is 1.14 bits per heavy atom. The molecular weight excluding hydrogens is 462 g/mol. The maximum atomic E-state index is 13.6. The zero-order valence-electron chi connectivity index (χ0n) is 20.8. The van der Waals surface area contributed by atoms with Gasteiger partial charge < -0.3 is 20.3 Å². The van der Waals surface area contributed by atoms with E-state index in [4.69, 9.17) is 4.74 Å². The first kappa shape index (κ1) is 25.1. The summed E-state index contributed by atoms with van der Waals surface area (Å²) in [6.45, 7) is 8.32. The first-order chi connectivity index (χ1) is 16.6. The zero-order valence-corrected chi connectivity index (χ0v) is 21.6. The van der Waals surface area contributed by atoms with Crippen LogP contribution in [0.5, 0.6) is 5.75 Å². The van der Waals surface area contributed by atoms with Crippen molar-refractivity contribution in [1.82, 2.24) is 15.5 Å². The Bertz CT molecular complexity index is 1130. The molecule has 0 saturated carbocycles. The highest BCUT2D eigenvalue weighted by molar-refractivity contribution is 8.01. The topological polar surface area (TPSA) is 87.7 Å². The minimum Gasteiger partial charge on any atom is -0.497 e. The molecule has 4 rings (SSSR count). The van der Waals surface area contributed by atoms with Crippen molar-refractivity contribution >= 4 is 29.5 Å². The van der Waals surface area contributed by atoms with Gasteiger partial charge in [0.15, 0.2) is 0 Å². The lowest BCUT2D eigenvalue weighted by molar-refractivity contribution is -0.132. The summed E-state index contributed by atoms with van der Waals surface area (Å²) in [5.74, 6) is 0.237. The second-order valence-corrected chi connectivity index (χ2v) is 11.8. The summed E-state index contributed by atoms with van der Waals surface area (Å²) < 4.78 is 4.75. The number of nitrogens with one attached hydrogen (secondary N) is 2. The monoisotopic (exact) mass is 495 g/mol. The SMILES string of the molecule is COc1cccc(CNC(=O)C(CC(C)C)NC(=O)C2N3C(=O)c4ccccc4C3SC2(C)C)c1. The summed E-state index contributed by atoms with van der Waals surface area (Å²) in [6, 6.07) is 13.6. The first-order valence-electron chi connectivity index (χ1n) is 11.9. The molecule has 0 aromatic heterocycles. The fourth-order valence-electron chi connectivity index (χ4n) is 4.85. The van der Waals surface area contributed by atoms with Gasteiger partial charge in [-0.25, -0.2) is 0 Å². The molecule has 2 aromatic rings. The van der Waals surface area contributed by atoms with Crippen molar-refractivity contribution in [3.63, 3.8) is 0 Å². The fourth-order valence-corrected chi connectivity index (χ4v) is 6.44. The number of thioether (sulfide) groups is 1. The lowest BCUT2D eigenvalue weighted by atomic mass is 9.98. The molecule has 1 saturated heterocycles. The van der Waals surface area contributed by atoms with Gasteiger partial charge in [-0.15, -0.1) is 11.8 Å². The van der Waals surface area contributed by atoms with E-state index in [2.05, 4.69) is 10.6 Å². The van der Waals surface area contributed by atoms with E-state index in [9.17, 15) is 14.4 Å². The molecule has 2 aliphatic heterocycles. The average molecular weight is 496 g/mol. The van der Waals surface area contributed by atoms with Crippen molar-refractivity contribution in [2.45, 2.75) is 62.9 Å². The van der Waals surface area contributed by atoms with E-state index >= 15 is 0 Å². The molecule has 0 aliphatic carbocycles. The third-order valence-corrected chi connectivity index (χ3v) is 8.02. The Balaban J connectivity index is 1.50. The Morgan fingerprint density at radius 3 is 2.60 bits per heavy atom. The molecule has 0 bridgehead atoms. The third-order valence-electron chi connectivity index (χ3n) is 6.49. The molecule has 0 spiro atoms. The molecule has 0 radical (unpaired) electrons. The summed E-state index contributed by atoms with van der Waals surface area (Å²) in [5.41, 5.74) is 2.50. The fraction of sp³-hybridized carbons (Fsp3) is 0.444. The molecule has 2 aromatic carbocycles. The Hall–Kier alpha value is -3.00. The molecule has 2 heterocycles. The van der Waals surface area contributed by atoms with E-state index in [1.165, 1.54) is 0 Å². The lowest BCUT2D eigenvalue weighted by Gasteiger charge is -2.31. The molecular formula is C27H33N3O4S. The van der Waals surface area contributed by atoms with Gasteiger partial charge in [-0.05, 0) is 55.5 Å². The number of hydrogen-bond donors (Lipinski definition) is 2. The van der Waals surface area contributed by atoms with Crippen LogP contribution in [0, 0.1) is 5.92 Å². The van der Waals surface area contributed by atoms with Crippen LogP contribution < -0.4 is 15.4 Å². The van der Waals surface area contributed by atoms with Crippen molar-refractivity contribution in [2.75, 3.05) is 7.11 Å². The molecule has 35 heavy (non-hydrogen) atoms. The standard InChI is InChI=1S/C27H33N3O4S/c1-16(2)13-21(23(31)28-15-17-9-8-10-18(14-17)34-5)29-24(32)22-27(3,4)35-26-20-12-7-6-11-19(20)25(33)30(22)26/h6-12,14,16,21-22,26H,13,15H2,1-5H3,(H,28,31)(H,29,32). The van der Waals surface area contributed by atoms with Crippen molar-refractivity contribution in [1.29, 1.82) is 0 Å². The maximum absolute atomic E-state index is 13.6. The Morgan fingerprint density at radius 2 is 1.89 bits per heavy atom. The van der Waals surface area contributed by atoms with Gasteiger partial charge in [-0.3, -0.25) is 14.4 Å². The molecule has 2 N–H and O–H groups in total. The van der Waals surface area contributed by atoms with Crippen LogP contribution in [0.2, 0.25) is 0 Å². The predicted molar refractivity (Wildman–Crippen MR) is 137 cm³/mol. The number of amides is 3. The predicted octanol–water partition coefficient (Wildman–Crippen LogP) is 3.89. The molecule has 3 atom stereocenters. The van der Waals surface area contributed by atoms with E-state index < -0.39 is 16.8 Å². The van der Waals surface area contributed by atoms with E-state index in [1.807, 2.05) is 76.2 Å². The maximum Gasteiger partial charge on any atom is 0.256 e.